The van der Waals surface area contributed by atoms with Crippen LogP contribution in [0.4, 0.5) is 0 Å². The minimum atomic E-state index is -0.604. The van der Waals surface area contributed by atoms with Gasteiger partial charge in [-0.1, -0.05) is 35.0 Å². The van der Waals surface area contributed by atoms with Crippen molar-refractivity contribution in [3.63, 3.8) is 0 Å². The van der Waals surface area contributed by atoms with Crippen LogP contribution in [0.15, 0.2) is 58.0 Å². The molecule has 2 aromatic heterocycles. The lowest BCUT2D eigenvalue weighted by Crippen LogP contribution is -1.98. The van der Waals surface area contributed by atoms with Gasteiger partial charge in [-0.25, -0.2) is 4.79 Å². The van der Waals surface area contributed by atoms with E-state index in [1.807, 2.05) is 29.0 Å². The summed E-state index contributed by atoms with van der Waals surface area (Å²) in [5.74, 6) is -0.255. The smallest absolute Gasteiger partial charge is 0.342 e. The third-order valence-electron chi connectivity index (χ3n) is 4.19. The third-order valence-corrected chi connectivity index (χ3v) is 4.19. The van der Waals surface area contributed by atoms with E-state index in [4.69, 9.17) is 0 Å². The molecule has 0 radical (unpaired) electrons. The maximum absolute atomic E-state index is 11.1. The van der Waals surface area contributed by atoms with Crippen molar-refractivity contribution in [1.29, 1.82) is 5.26 Å². The molecule has 0 amide bonds. The summed E-state index contributed by atoms with van der Waals surface area (Å²) in [6.45, 7) is 2.73. The van der Waals surface area contributed by atoms with Crippen LogP contribution in [0.2, 0.25) is 0 Å². The van der Waals surface area contributed by atoms with Crippen molar-refractivity contribution in [3.05, 3.63) is 75.9 Å². The number of aromatic amines is 1. The minimum Gasteiger partial charge on any atom is -0.342 e. The monoisotopic (exact) mass is 330 g/mol. The van der Waals surface area contributed by atoms with E-state index in [1.54, 1.807) is 0 Å². The van der Waals surface area contributed by atoms with Crippen molar-refractivity contribution in [2.75, 3.05) is 0 Å². The molecule has 0 aliphatic rings. The van der Waals surface area contributed by atoms with E-state index in [0.29, 0.717) is 23.5 Å². The number of benzene rings is 2. The summed E-state index contributed by atoms with van der Waals surface area (Å²) in [7, 11) is 0. The van der Waals surface area contributed by atoms with Gasteiger partial charge in [-0.3, -0.25) is 9.51 Å². The van der Waals surface area contributed by atoms with Crippen molar-refractivity contribution in [2.24, 2.45) is 0 Å². The van der Waals surface area contributed by atoms with Crippen LogP contribution in [0.3, 0.4) is 0 Å². The number of nitrogens with one attached hydrogen (secondary N) is 1. The summed E-state index contributed by atoms with van der Waals surface area (Å²) in [6, 6.07) is 16.2. The molecule has 0 fully saturated rings. The van der Waals surface area contributed by atoms with Gasteiger partial charge in [0.25, 0.3) is 0 Å². The van der Waals surface area contributed by atoms with E-state index in [-0.39, 0.29) is 0 Å². The number of nitrogens with zero attached hydrogens (tertiary/aromatic N) is 3. The highest BCUT2D eigenvalue weighted by Gasteiger charge is 2.12. The highest BCUT2D eigenvalue weighted by atomic mass is 16.5. The molecule has 0 saturated carbocycles. The van der Waals surface area contributed by atoms with Crippen molar-refractivity contribution in [2.45, 2.75) is 13.5 Å². The number of fused-ring (bicyclic) bond motifs is 1. The second-order valence-electron chi connectivity index (χ2n) is 5.94. The predicted molar refractivity (Wildman–Crippen MR) is 93.1 cm³/mol. The van der Waals surface area contributed by atoms with Gasteiger partial charge in [-0.15, -0.1) is 0 Å². The van der Waals surface area contributed by atoms with E-state index in [0.717, 1.165) is 16.5 Å². The van der Waals surface area contributed by atoms with Crippen LogP contribution in [-0.4, -0.2) is 14.7 Å². The number of aryl methyl sites for hydroxylation is 1. The molecule has 0 unspecified atom stereocenters. The maximum Gasteiger partial charge on any atom is 0.439 e. The molecular formula is C19H14N4O2. The first-order valence-electron chi connectivity index (χ1n) is 7.79. The molecule has 6 heteroatoms. The Hall–Kier alpha value is -3.59. The van der Waals surface area contributed by atoms with Crippen LogP contribution in [0.5, 0.6) is 0 Å². The molecular weight excluding hydrogens is 316 g/mol. The van der Waals surface area contributed by atoms with Gasteiger partial charge in [-0.2, -0.15) is 5.26 Å². The summed E-state index contributed by atoms with van der Waals surface area (Å²) in [4.78, 5) is 13.7. The summed E-state index contributed by atoms with van der Waals surface area (Å²) >= 11 is 0. The molecule has 4 rings (SSSR count). The quantitative estimate of drug-likeness (QED) is 0.625. The van der Waals surface area contributed by atoms with Gasteiger partial charge < -0.3 is 4.57 Å². The third kappa shape index (κ3) is 2.72. The largest absolute Gasteiger partial charge is 0.439 e. The lowest BCUT2D eigenvalue weighted by Gasteiger charge is -2.06. The highest BCUT2D eigenvalue weighted by molar-refractivity contribution is 5.89. The molecule has 1 N–H and O–H groups in total. The van der Waals surface area contributed by atoms with E-state index in [1.165, 1.54) is 5.56 Å². The molecule has 2 aromatic carbocycles. The average molecular weight is 330 g/mol. The topological polar surface area (TPSA) is 87.6 Å². The SMILES string of the molecule is Cc1ccc(Cn2cc(C#N)c3cc(-c4noc(=O)[nH]4)ccc32)cc1. The Labute approximate surface area is 142 Å². The van der Waals surface area contributed by atoms with Crippen LogP contribution >= 0.6 is 0 Å². The molecule has 6 nitrogen and oxygen atoms in total. The van der Waals surface area contributed by atoms with Gasteiger partial charge in [0, 0.05) is 29.2 Å². The first-order chi connectivity index (χ1) is 12.1. The van der Waals surface area contributed by atoms with Crippen molar-refractivity contribution < 1.29 is 4.52 Å². The summed E-state index contributed by atoms with van der Waals surface area (Å²) in [5, 5.41) is 14.0. The maximum atomic E-state index is 11.1. The van der Waals surface area contributed by atoms with Crippen molar-refractivity contribution in [1.82, 2.24) is 14.7 Å². The lowest BCUT2D eigenvalue weighted by atomic mass is 10.1. The Morgan fingerprint density at radius 1 is 1.24 bits per heavy atom. The van der Waals surface area contributed by atoms with Gasteiger partial charge in [-0.05, 0) is 30.7 Å². The van der Waals surface area contributed by atoms with Crippen molar-refractivity contribution >= 4 is 10.9 Å². The van der Waals surface area contributed by atoms with Crippen molar-refractivity contribution in [3.8, 4) is 17.5 Å². The summed E-state index contributed by atoms with van der Waals surface area (Å²) < 4.78 is 6.60. The molecule has 0 spiro atoms. The molecule has 4 aromatic rings. The number of hydrogen-bond donors (Lipinski definition) is 1. The first kappa shape index (κ1) is 15.0. The van der Waals surface area contributed by atoms with Crippen LogP contribution in [0, 0.1) is 18.3 Å². The molecule has 0 aliphatic carbocycles. The zero-order chi connectivity index (χ0) is 17.4. The Morgan fingerprint density at radius 3 is 2.72 bits per heavy atom. The number of nitriles is 1. The van der Waals surface area contributed by atoms with Crippen LogP contribution in [0.1, 0.15) is 16.7 Å². The van der Waals surface area contributed by atoms with Gasteiger partial charge >= 0.3 is 5.76 Å². The normalized spacial score (nSPS) is 10.9. The Bertz CT molecular complexity index is 1160. The van der Waals surface area contributed by atoms with E-state index < -0.39 is 5.76 Å². The fourth-order valence-corrected chi connectivity index (χ4v) is 2.91. The summed E-state index contributed by atoms with van der Waals surface area (Å²) in [5.41, 5.74) is 4.60. The number of rotatable bonds is 3. The molecule has 0 bridgehead atoms. The molecule has 0 aliphatic heterocycles. The molecule has 2 heterocycles. The zero-order valence-corrected chi connectivity index (χ0v) is 13.5. The van der Waals surface area contributed by atoms with Gasteiger partial charge in [0.05, 0.1) is 5.56 Å². The van der Waals surface area contributed by atoms with Gasteiger partial charge in [0.1, 0.15) is 6.07 Å². The highest BCUT2D eigenvalue weighted by Crippen LogP contribution is 2.26. The van der Waals surface area contributed by atoms with E-state index in [2.05, 4.69) is 51.9 Å². The van der Waals surface area contributed by atoms with Crippen LogP contribution in [-0.2, 0) is 6.54 Å². The Kier molecular flexibility index (Phi) is 3.47. The second kappa shape index (κ2) is 5.80. The zero-order valence-electron chi connectivity index (χ0n) is 13.5. The Morgan fingerprint density at radius 2 is 2.04 bits per heavy atom. The van der Waals surface area contributed by atoms with Crippen LogP contribution in [0.25, 0.3) is 22.3 Å². The fourth-order valence-electron chi connectivity index (χ4n) is 2.91. The Balaban J connectivity index is 1.80. The summed E-state index contributed by atoms with van der Waals surface area (Å²) in [6.07, 6.45) is 1.85. The van der Waals surface area contributed by atoms with Gasteiger partial charge in [0.2, 0.25) is 0 Å². The molecule has 122 valence electrons. The van der Waals surface area contributed by atoms with E-state index >= 15 is 0 Å². The lowest BCUT2D eigenvalue weighted by molar-refractivity contribution is 0.388. The number of hydrogen-bond acceptors (Lipinski definition) is 4. The molecule has 0 atom stereocenters. The number of H-pyrrole nitrogens is 1. The first-order valence-corrected chi connectivity index (χ1v) is 7.79. The minimum absolute atomic E-state index is 0.349. The predicted octanol–water partition coefficient (Wildman–Crippen LogP) is 3.21. The second-order valence-corrected chi connectivity index (χ2v) is 5.94. The average Bonchev–Trinajstić information content (AvgIpc) is 3.20. The molecule has 0 saturated heterocycles. The fraction of sp³-hybridized carbons (Fsp3) is 0.105. The number of aromatic nitrogens is 3. The van der Waals surface area contributed by atoms with Crippen LogP contribution < -0.4 is 5.76 Å². The standard InChI is InChI=1S/C19H14N4O2/c1-12-2-4-13(5-3-12)10-23-11-15(9-20)16-8-14(6-7-17(16)23)18-21-19(24)25-22-18/h2-8,11H,10H2,1H3,(H,21,22,24). The van der Waals surface area contributed by atoms with E-state index in [9.17, 15) is 10.1 Å². The molecule has 25 heavy (non-hydrogen) atoms. The van der Waals surface area contributed by atoms with Gasteiger partial charge in [0.15, 0.2) is 5.82 Å².